The third kappa shape index (κ3) is 2.61. The number of amides is 2. The van der Waals surface area contributed by atoms with E-state index in [0.717, 1.165) is 12.0 Å². The minimum Gasteiger partial charge on any atom is -0.392 e. The molecule has 1 spiro atoms. The highest BCUT2D eigenvalue weighted by atomic mass is 16.3. The molecule has 2 aliphatic rings. The fourth-order valence-electron chi connectivity index (χ4n) is 3.45. The summed E-state index contributed by atoms with van der Waals surface area (Å²) in [6.45, 7) is 3.51. The number of rotatable bonds is 2. The number of nitrogens with zero attached hydrogens (tertiary/aromatic N) is 3. The second kappa shape index (κ2) is 5.72. The highest BCUT2D eigenvalue weighted by Gasteiger charge is 2.50. The number of hydrogen-bond acceptors (Lipinski definition) is 4. The lowest BCUT2D eigenvalue weighted by Gasteiger charge is -2.46. The minimum atomic E-state index is -0.841. The molecule has 0 radical (unpaired) electrons. The van der Waals surface area contributed by atoms with Crippen LogP contribution in [0.1, 0.15) is 24.8 Å². The first-order valence-electron chi connectivity index (χ1n) is 7.74. The molecule has 0 unspecified atom stereocenters. The van der Waals surface area contributed by atoms with E-state index in [2.05, 4.69) is 10.4 Å². The van der Waals surface area contributed by atoms with Crippen LogP contribution in [0.5, 0.6) is 0 Å². The summed E-state index contributed by atoms with van der Waals surface area (Å²) in [6, 6.07) is 0. The van der Waals surface area contributed by atoms with Gasteiger partial charge in [-0.25, -0.2) is 0 Å². The Kier molecular flexibility index (Phi) is 3.90. The van der Waals surface area contributed by atoms with Crippen molar-refractivity contribution in [3.8, 4) is 0 Å². The molecule has 22 heavy (non-hydrogen) atoms. The normalized spacial score (nSPS) is 28.7. The topological polar surface area (TPSA) is 87.5 Å². The van der Waals surface area contributed by atoms with Crippen molar-refractivity contribution in [2.45, 2.75) is 38.8 Å². The monoisotopic (exact) mass is 306 g/mol. The Hall–Kier alpha value is -1.89. The minimum absolute atomic E-state index is 0.0623. The van der Waals surface area contributed by atoms with E-state index >= 15 is 0 Å². The van der Waals surface area contributed by atoms with Crippen LogP contribution in [0.3, 0.4) is 0 Å². The van der Waals surface area contributed by atoms with Crippen LogP contribution in [0.2, 0.25) is 0 Å². The van der Waals surface area contributed by atoms with Crippen LogP contribution in [-0.2, 0) is 16.1 Å². The van der Waals surface area contributed by atoms with Crippen LogP contribution in [0.15, 0.2) is 12.4 Å². The molecular weight excluding hydrogens is 284 g/mol. The predicted molar refractivity (Wildman–Crippen MR) is 78.8 cm³/mol. The molecule has 7 heteroatoms. The number of aryl methyl sites for hydroxylation is 1. The van der Waals surface area contributed by atoms with Gasteiger partial charge in [-0.15, -0.1) is 0 Å². The van der Waals surface area contributed by atoms with Crippen molar-refractivity contribution >= 4 is 11.8 Å². The zero-order chi connectivity index (χ0) is 15.7. The molecule has 2 aliphatic heterocycles. The summed E-state index contributed by atoms with van der Waals surface area (Å²) < 4.78 is 1.61. The zero-order valence-electron chi connectivity index (χ0n) is 12.8. The van der Waals surface area contributed by atoms with Gasteiger partial charge in [0, 0.05) is 25.8 Å². The van der Waals surface area contributed by atoms with E-state index in [1.54, 1.807) is 15.8 Å². The molecule has 2 fully saturated rings. The van der Waals surface area contributed by atoms with Crippen molar-refractivity contribution in [1.29, 1.82) is 0 Å². The van der Waals surface area contributed by atoms with Gasteiger partial charge >= 0.3 is 0 Å². The average molecular weight is 306 g/mol. The Morgan fingerprint density at radius 3 is 3.09 bits per heavy atom. The second-order valence-corrected chi connectivity index (χ2v) is 6.35. The van der Waals surface area contributed by atoms with E-state index in [1.807, 2.05) is 13.1 Å². The molecule has 1 aromatic heterocycles. The number of carbonyl (C=O) groups excluding carboxylic acids is 2. The maximum Gasteiger partial charge on any atom is 0.244 e. The number of piperidine rings is 2. The quantitative estimate of drug-likeness (QED) is 0.784. The second-order valence-electron chi connectivity index (χ2n) is 6.35. The lowest BCUT2D eigenvalue weighted by Crippen LogP contribution is -2.62. The standard InChI is InChI=1S/C15H22N4O3/c1-11-7-17-19(8-11)9-13(21)18-6-3-12(20)15(10-18)4-2-5-16-14(15)22/h7-8,12,20H,2-6,9-10H2,1H3,(H,16,22)/t12-,15+/m0/s1. The highest BCUT2D eigenvalue weighted by Crippen LogP contribution is 2.37. The van der Waals surface area contributed by atoms with E-state index in [0.29, 0.717) is 32.5 Å². The third-order valence-electron chi connectivity index (χ3n) is 4.73. The summed E-state index contributed by atoms with van der Waals surface area (Å²) in [5.41, 5.74) is 0.164. The van der Waals surface area contributed by atoms with Gasteiger partial charge in [-0.1, -0.05) is 0 Å². The van der Waals surface area contributed by atoms with Crippen molar-refractivity contribution in [2.75, 3.05) is 19.6 Å². The summed E-state index contributed by atoms with van der Waals surface area (Å²) in [5, 5.41) is 17.3. The van der Waals surface area contributed by atoms with Gasteiger partial charge in [0.1, 0.15) is 6.54 Å². The summed E-state index contributed by atoms with van der Waals surface area (Å²) in [7, 11) is 0. The number of aromatic nitrogens is 2. The summed E-state index contributed by atoms with van der Waals surface area (Å²) in [6.07, 6.45) is 4.76. The van der Waals surface area contributed by atoms with Gasteiger partial charge in [0.05, 0.1) is 17.7 Å². The molecular formula is C15H22N4O3. The molecule has 3 heterocycles. The van der Waals surface area contributed by atoms with Gasteiger partial charge in [0.2, 0.25) is 11.8 Å². The van der Waals surface area contributed by atoms with Crippen LogP contribution in [0.4, 0.5) is 0 Å². The molecule has 0 bridgehead atoms. The molecule has 120 valence electrons. The van der Waals surface area contributed by atoms with E-state index < -0.39 is 11.5 Å². The fraction of sp³-hybridized carbons (Fsp3) is 0.667. The molecule has 1 aromatic rings. The van der Waals surface area contributed by atoms with Crippen molar-refractivity contribution in [3.05, 3.63) is 18.0 Å². The van der Waals surface area contributed by atoms with E-state index in [1.165, 1.54) is 0 Å². The molecule has 3 rings (SSSR count). The van der Waals surface area contributed by atoms with E-state index in [4.69, 9.17) is 0 Å². The smallest absolute Gasteiger partial charge is 0.244 e. The molecule has 2 amide bonds. The van der Waals surface area contributed by atoms with Crippen LogP contribution < -0.4 is 5.32 Å². The number of hydrogen-bond donors (Lipinski definition) is 2. The largest absolute Gasteiger partial charge is 0.392 e. The Bertz CT molecular complexity index is 585. The molecule has 2 saturated heterocycles. The summed E-state index contributed by atoms with van der Waals surface area (Å²) >= 11 is 0. The number of aliphatic hydroxyl groups is 1. The Labute approximate surface area is 129 Å². The maximum absolute atomic E-state index is 12.5. The molecule has 7 nitrogen and oxygen atoms in total. The Morgan fingerprint density at radius 1 is 1.59 bits per heavy atom. The van der Waals surface area contributed by atoms with Gasteiger partial charge in [0.25, 0.3) is 0 Å². The number of likely N-dealkylation sites (tertiary alicyclic amines) is 1. The predicted octanol–water partition coefficient (Wildman–Crippen LogP) is -0.319. The number of nitrogens with one attached hydrogen (secondary N) is 1. The number of aliphatic hydroxyl groups excluding tert-OH is 1. The molecule has 0 aliphatic carbocycles. The van der Waals surface area contributed by atoms with Crippen LogP contribution in [0.25, 0.3) is 0 Å². The average Bonchev–Trinajstić information content (AvgIpc) is 2.90. The first-order chi connectivity index (χ1) is 10.5. The third-order valence-corrected chi connectivity index (χ3v) is 4.73. The molecule has 2 atom stereocenters. The fourth-order valence-corrected chi connectivity index (χ4v) is 3.45. The first kappa shape index (κ1) is 15.0. The van der Waals surface area contributed by atoms with Crippen molar-refractivity contribution in [2.24, 2.45) is 5.41 Å². The summed E-state index contributed by atoms with van der Waals surface area (Å²) in [5.74, 6) is -0.188. The van der Waals surface area contributed by atoms with E-state index in [-0.39, 0.29) is 18.4 Å². The molecule has 0 aromatic carbocycles. The van der Waals surface area contributed by atoms with Gasteiger partial charge in [-0.2, -0.15) is 5.10 Å². The maximum atomic E-state index is 12.5. The van der Waals surface area contributed by atoms with Gasteiger partial charge in [-0.3, -0.25) is 14.3 Å². The van der Waals surface area contributed by atoms with Gasteiger partial charge in [0.15, 0.2) is 0 Å². The SMILES string of the molecule is Cc1cnn(CC(=O)N2CC[C@H](O)[C@@]3(CCCNC3=O)C2)c1. The van der Waals surface area contributed by atoms with Crippen LogP contribution in [0, 0.1) is 12.3 Å². The molecule has 2 N–H and O–H groups in total. The van der Waals surface area contributed by atoms with Gasteiger partial charge in [-0.05, 0) is 31.7 Å². The lowest BCUT2D eigenvalue weighted by atomic mass is 9.71. The zero-order valence-corrected chi connectivity index (χ0v) is 12.8. The van der Waals surface area contributed by atoms with Gasteiger partial charge < -0.3 is 15.3 Å². The van der Waals surface area contributed by atoms with Crippen LogP contribution in [-0.4, -0.2) is 57.3 Å². The first-order valence-corrected chi connectivity index (χ1v) is 7.74. The van der Waals surface area contributed by atoms with Crippen molar-refractivity contribution < 1.29 is 14.7 Å². The van der Waals surface area contributed by atoms with Crippen LogP contribution >= 0.6 is 0 Å². The van der Waals surface area contributed by atoms with Crippen molar-refractivity contribution in [3.63, 3.8) is 0 Å². The summed E-state index contributed by atoms with van der Waals surface area (Å²) in [4.78, 5) is 26.4. The molecule has 0 saturated carbocycles. The highest BCUT2D eigenvalue weighted by molar-refractivity contribution is 5.86. The van der Waals surface area contributed by atoms with Crippen molar-refractivity contribution in [1.82, 2.24) is 20.0 Å². The number of carbonyl (C=O) groups is 2. The Morgan fingerprint density at radius 2 is 2.41 bits per heavy atom. The lowest BCUT2D eigenvalue weighted by molar-refractivity contribution is -0.155. The Balaban J connectivity index is 1.72. The van der Waals surface area contributed by atoms with E-state index in [9.17, 15) is 14.7 Å².